The highest BCUT2D eigenvalue weighted by Crippen LogP contribution is 2.34. The number of hydrogen-bond acceptors (Lipinski definition) is 4. The minimum absolute atomic E-state index is 0.105. The molecule has 0 radical (unpaired) electrons. The van der Waals surface area contributed by atoms with Crippen molar-refractivity contribution in [3.63, 3.8) is 0 Å². The Morgan fingerprint density at radius 3 is 2.53 bits per heavy atom. The number of nitriles is 1. The molecule has 7 heteroatoms. The van der Waals surface area contributed by atoms with Crippen molar-refractivity contribution in [2.24, 2.45) is 0 Å². The van der Waals surface area contributed by atoms with Crippen LogP contribution in [0, 0.1) is 11.3 Å². The summed E-state index contributed by atoms with van der Waals surface area (Å²) in [7, 11) is 0. The van der Waals surface area contributed by atoms with Gasteiger partial charge in [-0.2, -0.15) is 18.4 Å². The van der Waals surface area contributed by atoms with Gasteiger partial charge in [-0.3, -0.25) is 4.79 Å². The van der Waals surface area contributed by atoms with E-state index in [4.69, 9.17) is 5.26 Å². The van der Waals surface area contributed by atoms with Crippen LogP contribution in [0.15, 0.2) is 12.1 Å². The number of halogens is 3. The zero-order chi connectivity index (χ0) is 14.6. The Kier molecular flexibility index (Phi) is 4.27. The second-order valence-corrected chi connectivity index (χ2v) is 3.43. The average Bonchev–Trinajstić information content (AvgIpc) is 2.36. The van der Waals surface area contributed by atoms with Gasteiger partial charge in [-0.15, -0.1) is 0 Å². The first-order chi connectivity index (χ1) is 8.85. The molecule has 0 spiro atoms. The molecule has 0 atom stereocenters. The number of esters is 1. The van der Waals surface area contributed by atoms with Crippen molar-refractivity contribution in [1.29, 1.82) is 5.26 Å². The minimum atomic E-state index is -4.82. The number of carbonyl (C=O) groups excluding carboxylic acids is 2. The van der Waals surface area contributed by atoms with Crippen LogP contribution in [0.2, 0.25) is 0 Å². The summed E-state index contributed by atoms with van der Waals surface area (Å²) in [6.45, 7) is 1.34. The van der Waals surface area contributed by atoms with Gasteiger partial charge in [-0.25, -0.2) is 4.79 Å². The fourth-order valence-electron chi connectivity index (χ4n) is 1.42. The van der Waals surface area contributed by atoms with E-state index in [1.54, 1.807) is 0 Å². The van der Waals surface area contributed by atoms with Crippen LogP contribution in [0.25, 0.3) is 0 Å². The van der Waals surface area contributed by atoms with Crippen molar-refractivity contribution in [3.05, 3.63) is 34.4 Å². The number of nitrogens with zero attached hydrogens (tertiary/aromatic N) is 1. The van der Waals surface area contributed by atoms with Gasteiger partial charge in [0.25, 0.3) is 0 Å². The molecule has 1 rings (SSSR count). The Labute approximate surface area is 106 Å². The van der Waals surface area contributed by atoms with Crippen LogP contribution in [0.4, 0.5) is 13.2 Å². The van der Waals surface area contributed by atoms with Crippen LogP contribution >= 0.6 is 0 Å². The van der Waals surface area contributed by atoms with Crippen molar-refractivity contribution in [2.45, 2.75) is 13.1 Å². The third-order valence-corrected chi connectivity index (χ3v) is 2.24. The van der Waals surface area contributed by atoms with Crippen molar-refractivity contribution in [1.82, 2.24) is 0 Å². The Morgan fingerprint density at radius 2 is 2.11 bits per heavy atom. The van der Waals surface area contributed by atoms with E-state index in [2.05, 4.69) is 4.74 Å². The van der Waals surface area contributed by atoms with E-state index in [-0.39, 0.29) is 18.5 Å². The number of hydrogen-bond donors (Lipinski definition) is 0. The smallest absolute Gasteiger partial charge is 0.417 e. The maximum atomic E-state index is 12.8. The summed E-state index contributed by atoms with van der Waals surface area (Å²) >= 11 is 0. The summed E-state index contributed by atoms with van der Waals surface area (Å²) in [6.07, 6.45) is -4.61. The molecule has 0 amide bonds. The monoisotopic (exact) mass is 271 g/mol. The van der Waals surface area contributed by atoms with E-state index < -0.39 is 28.8 Å². The zero-order valence-corrected chi connectivity index (χ0v) is 9.75. The molecule has 0 aromatic heterocycles. The molecule has 1 aromatic carbocycles. The van der Waals surface area contributed by atoms with Crippen molar-refractivity contribution >= 4 is 12.3 Å². The maximum absolute atomic E-state index is 12.8. The maximum Gasteiger partial charge on any atom is 0.417 e. The quantitative estimate of drug-likeness (QED) is 0.626. The van der Waals surface area contributed by atoms with E-state index in [0.29, 0.717) is 12.1 Å². The summed E-state index contributed by atoms with van der Waals surface area (Å²) in [5.41, 5.74) is -2.82. The lowest BCUT2D eigenvalue weighted by atomic mass is 9.99. The van der Waals surface area contributed by atoms with Crippen LogP contribution in [-0.2, 0) is 10.9 Å². The lowest BCUT2D eigenvalue weighted by Crippen LogP contribution is -2.16. The molecule has 19 heavy (non-hydrogen) atoms. The van der Waals surface area contributed by atoms with E-state index in [9.17, 15) is 22.8 Å². The fraction of sp³-hybridized carbons (Fsp3) is 0.250. The first-order valence-corrected chi connectivity index (χ1v) is 5.12. The lowest BCUT2D eigenvalue weighted by Gasteiger charge is -2.13. The fourth-order valence-corrected chi connectivity index (χ4v) is 1.42. The first-order valence-electron chi connectivity index (χ1n) is 5.12. The van der Waals surface area contributed by atoms with Crippen LogP contribution in [-0.4, -0.2) is 18.9 Å². The zero-order valence-electron chi connectivity index (χ0n) is 9.75. The normalized spacial score (nSPS) is 10.7. The highest BCUT2D eigenvalue weighted by molar-refractivity contribution is 5.94. The largest absolute Gasteiger partial charge is 0.462 e. The van der Waals surface area contributed by atoms with Gasteiger partial charge in [0, 0.05) is 5.56 Å². The molecule has 0 aliphatic heterocycles. The molecular weight excluding hydrogens is 263 g/mol. The number of benzene rings is 1. The van der Waals surface area contributed by atoms with Crippen LogP contribution in [0.1, 0.15) is 38.8 Å². The van der Waals surface area contributed by atoms with Crippen molar-refractivity contribution in [3.8, 4) is 6.07 Å². The SMILES string of the molecule is CCOC(=O)c1cc(C=O)c(C#N)cc1C(F)(F)F. The van der Waals surface area contributed by atoms with Gasteiger partial charge in [0.2, 0.25) is 0 Å². The summed E-state index contributed by atoms with van der Waals surface area (Å²) in [4.78, 5) is 22.2. The van der Waals surface area contributed by atoms with Crippen molar-refractivity contribution in [2.75, 3.05) is 6.61 Å². The molecule has 0 fully saturated rings. The molecule has 4 nitrogen and oxygen atoms in total. The van der Waals surface area contributed by atoms with E-state index in [1.165, 1.54) is 13.0 Å². The summed E-state index contributed by atoms with van der Waals surface area (Å²) in [5, 5.41) is 8.68. The Morgan fingerprint density at radius 1 is 1.47 bits per heavy atom. The van der Waals surface area contributed by atoms with Crippen LogP contribution < -0.4 is 0 Å². The third kappa shape index (κ3) is 3.10. The van der Waals surface area contributed by atoms with Gasteiger partial charge in [0.05, 0.1) is 29.4 Å². The van der Waals surface area contributed by atoms with E-state index in [0.717, 1.165) is 0 Å². The van der Waals surface area contributed by atoms with E-state index in [1.807, 2.05) is 0 Å². The highest BCUT2D eigenvalue weighted by atomic mass is 19.4. The molecule has 0 aliphatic rings. The molecule has 0 heterocycles. The van der Waals surface area contributed by atoms with Gasteiger partial charge in [-0.1, -0.05) is 0 Å². The Balaban J connectivity index is 3.55. The predicted molar refractivity (Wildman–Crippen MR) is 57.5 cm³/mol. The minimum Gasteiger partial charge on any atom is -0.462 e. The van der Waals surface area contributed by atoms with E-state index >= 15 is 0 Å². The van der Waals surface area contributed by atoms with Gasteiger partial charge < -0.3 is 4.74 Å². The number of rotatable bonds is 3. The Hall–Kier alpha value is -2.36. The van der Waals surface area contributed by atoms with Gasteiger partial charge >= 0.3 is 12.1 Å². The average molecular weight is 271 g/mol. The molecule has 0 unspecified atom stereocenters. The highest BCUT2D eigenvalue weighted by Gasteiger charge is 2.36. The molecule has 0 aliphatic carbocycles. The number of aldehydes is 1. The lowest BCUT2D eigenvalue weighted by molar-refractivity contribution is -0.138. The van der Waals surface area contributed by atoms with Gasteiger partial charge in [0.15, 0.2) is 6.29 Å². The predicted octanol–water partition coefficient (Wildman–Crippen LogP) is 2.57. The second-order valence-electron chi connectivity index (χ2n) is 3.43. The Bertz CT molecular complexity index is 559. The number of ether oxygens (including phenoxy) is 1. The second kappa shape index (κ2) is 5.52. The summed E-state index contributed by atoms with van der Waals surface area (Å²) < 4.78 is 42.9. The van der Waals surface area contributed by atoms with Gasteiger partial charge in [-0.05, 0) is 19.1 Å². The van der Waals surface area contributed by atoms with Crippen LogP contribution in [0.5, 0.6) is 0 Å². The molecule has 1 aromatic rings. The van der Waals surface area contributed by atoms with Crippen LogP contribution in [0.3, 0.4) is 0 Å². The summed E-state index contributed by atoms with van der Waals surface area (Å²) in [5.74, 6) is -1.19. The molecule has 0 N–H and O–H groups in total. The molecule has 0 saturated carbocycles. The van der Waals surface area contributed by atoms with Crippen molar-refractivity contribution < 1.29 is 27.5 Å². The molecule has 0 bridgehead atoms. The number of carbonyl (C=O) groups is 2. The third-order valence-electron chi connectivity index (χ3n) is 2.24. The summed E-state index contributed by atoms with van der Waals surface area (Å²) in [6, 6.07) is 2.66. The standard InChI is InChI=1S/C12H8F3NO3/c1-2-19-11(18)9-3-8(6-17)7(5-16)4-10(9)12(13,14)15/h3-4,6H,2H2,1H3. The molecular formula is C12H8F3NO3. The molecule has 100 valence electrons. The van der Waals surface area contributed by atoms with Gasteiger partial charge in [0.1, 0.15) is 0 Å². The number of alkyl halides is 3. The molecule has 0 saturated heterocycles. The topological polar surface area (TPSA) is 67.2 Å². The first kappa shape index (κ1) is 14.7.